The van der Waals surface area contributed by atoms with E-state index in [0.717, 1.165) is 17.0 Å². The lowest BCUT2D eigenvalue weighted by atomic mass is 9.99. The van der Waals surface area contributed by atoms with Crippen molar-refractivity contribution in [2.45, 2.75) is 44.9 Å². The molecule has 1 aliphatic heterocycles. The van der Waals surface area contributed by atoms with Gasteiger partial charge in [0.25, 0.3) is 5.91 Å². The van der Waals surface area contributed by atoms with Crippen molar-refractivity contribution in [3.63, 3.8) is 0 Å². The van der Waals surface area contributed by atoms with Gasteiger partial charge in [0.1, 0.15) is 11.4 Å². The Labute approximate surface area is 195 Å². The van der Waals surface area contributed by atoms with Crippen molar-refractivity contribution >= 4 is 41.9 Å². The Morgan fingerprint density at radius 3 is 2.48 bits per heavy atom. The number of imide groups is 1. The number of hydrogen-bond acceptors (Lipinski definition) is 3. The number of carbonyl (C=O) groups excluding carboxylic acids is 2. The van der Waals surface area contributed by atoms with Gasteiger partial charge in [-0.05, 0) is 37.5 Å². The molecule has 0 aliphatic carbocycles. The minimum atomic E-state index is -4.67. The second-order valence-electron chi connectivity index (χ2n) is 7.08. The smallest absolute Gasteiger partial charge is 0.356 e. The van der Waals surface area contributed by atoms with Crippen LogP contribution in [0, 0.1) is 5.82 Å². The van der Waals surface area contributed by atoms with Crippen LogP contribution < -0.4 is 16.0 Å². The Bertz CT molecular complexity index is 834. The summed E-state index contributed by atoms with van der Waals surface area (Å²) in [7, 11) is 1.45. The normalized spacial score (nSPS) is 19.2. The van der Waals surface area contributed by atoms with Gasteiger partial charge in [-0.25, -0.2) is 9.18 Å². The monoisotopic (exact) mass is 559 g/mol. The third kappa shape index (κ3) is 6.68. The van der Waals surface area contributed by atoms with Crippen LogP contribution in [0.3, 0.4) is 0 Å². The number of amides is 3. The van der Waals surface area contributed by atoms with Crippen molar-refractivity contribution in [3.8, 4) is 0 Å². The zero-order valence-electron chi connectivity index (χ0n) is 17.4. The van der Waals surface area contributed by atoms with Gasteiger partial charge in [-0.3, -0.25) is 14.7 Å². The molecule has 2 rings (SSSR count). The summed E-state index contributed by atoms with van der Waals surface area (Å²) in [4.78, 5) is 29.4. The van der Waals surface area contributed by atoms with Gasteiger partial charge in [-0.1, -0.05) is 13.0 Å². The van der Waals surface area contributed by atoms with Crippen LogP contribution in [-0.4, -0.2) is 48.5 Å². The van der Waals surface area contributed by atoms with E-state index < -0.39 is 29.1 Å². The number of alkyl halides is 3. The molecule has 1 atom stereocenters. The Hall–Kier alpha value is -2.12. The van der Waals surface area contributed by atoms with Gasteiger partial charge < -0.3 is 16.0 Å². The number of rotatable bonds is 7. The molecule has 7 nitrogen and oxygen atoms in total. The third-order valence-electron chi connectivity index (χ3n) is 4.95. The van der Waals surface area contributed by atoms with Crippen LogP contribution >= 0.6 is 24.0 Å². The summed E-state index contributed by atoms with van der Waals surface area (Å²) in [6, 6.07) is 2.05. The highest BCUT2D eigenvalue weighted by Gasteiger charge is 2.45. The average Bonchev–Trinajstić information content (AvgIpc) is 2.90. The molecule has 1 aromatic carbocycles. The molecular formula is C19H26F4IN5O2. The van der Waals surface area contributed by atoms with Crippen molar-refractivity contribution in [1.29, 1.82) is 0 Å². The first-order valence-electron chi connectivity index (χ1n) is 9.46. The molecule has 0 bridgehead atoms. The highest BCUT2D eigenvalue weighted by Crippen LogP contribution is 2.32. The fourth-order valence-corrected chi connectivity index (χ4v) is 3.00. The molecule has 174 valence electrons. The number of guanidine groups is 1. The zero-order chi connectivity index (χ0) is 22.5. The molecular weight excluding hydrogens is 533 g/mol. The lowest BCUT2D eigenvalue weighted by molar-refractivity contribution is -0.138. The van der Waals surface area contributed by atoms with Crippen molar-refractivity contribution in [3.05, 3.63) is 35.1 Å². The molecule has 1 heterocycles. The number of carbonyl (C=O) groups is 2. The van der Waals surface area contributed by atoms with Crippen LogP contribution in [-0.2, 0) is 17.5 Å². The maximum Gasteiger partial charge on any atom is 0.416 e. The van der Waals surface area contributed by atoms with Gasteiger partial charge in [-0.15, -0.1) is 24.0 Å². The van der Waals surface area contributed by atoms with Crippen LogP contribution in [0.25, 0.3) is 0 Å². The van der Waals surface area contributed by atoms with Gasteiger partial charge in [0.2, 0.25) is 0 Å². The summed E-state index contributed by atoms with van der Waals surface area (Å²) in [6.07, 6.45) is -3.78. The Kier molecular flexibility index (Phi) is 9.51. The van der Waals surface area contributed by atoms with E-state index in [0.29, 0.717) is 25.5 Å². The van der Waals surface area contributed by atoms with E-state index in [4.69, 9.17) is 0 Å². The lowest BCUT2D eigenvalue weighted by Gasteiger charge is -2.19. The summed E-state index contributed by atoms with van der Waals surface area (Å²) in [5.74, 6) is -1.01. The topological polar surface area (TPSA) is 85.8 Å². The summed E-state index contributed by atoms with van der Waals surface area (Å²) in [6.45, 7) is 3.79. The van der Waals surface area contributed by atoms with Crippen LogP contribution in [0.5, 0.6) is 0 Å². The molecule has 0 aromatic heterocycles. The van der Waals surface area contributed by atoms with Gasteiger partial charge in [0, 0.05) is 26.7 Å². The number of urea groups is 1. The Morgan fingerprint density at radius 2 is 1.94 bits per heavy atom. The van der Waals surface area contributed by atoms with E-state index in [1.54, 1.807) is 6.92 Å². The average molecular weight is 559 g/mol. The first kappa shape index (κ1) is 26.9. The number of hydrogen-bond donors (Lipinski definition) is 3. The predicted octanol–water partition coefficient (Wildman–Crippen LogP) is 3.24. The van der Waals surface area contributed by atoms with Crippen molar-refractivity contribution < 1.29 is 27.2 Å². The first-order chi connectivity index (χ1) is 14.0. The quantitative estimate of drug-likeness (QED) is 0.120. The van der Waals surface area contributed by atoms with Crippen LogP contribution in [0.15, 0.2) is 23.2 Å². The summed E-state index contributed by atoms with van der Waals surface area (Å²) in [5.41, 5.74) is -2.07. The fraction of sp³-hybridized carbons (Fsp3) is 0.526. The minimum absolute atomic E-state index is 0. The third-order valence-corrected chi connectivity index (χ3v) is 4.95. The van der Waals surface area contributed by atoms with Crippen LogP contribution in [0.4, 0.5) is 22.4 Å². The number of nitrogens with zero attached hydrogens (tertiary/aromatic N) is 2. The summed E-state index contributed by atoms with van der Waals surface area (Å²) < 4.78 is 52.4. The van der Waals surface area contributed by atoms with Gasteiger partial charge in [0.05, 0.1) is 5.56 Å². The zero-order valence-corrected chi connectivity index (χ0v) is 19.7. The lowest BCUT2D eigenvalue weighted by Crippen LogP contribution is -2.43. The molecule has 0 saturated carbocycles. The van der Waals surface area contributed by atoms with E-state index >= 15 is 0 Å². The summed E-state index contributed by atoms with van der Waals surface area (Å²) >= 11 is 0. The highest BCUT2D eigenvalue weighted by atomic mass is 127. The van der Waals surface area contributed by atoms with E-state index in [1.165, 1.54) is 7.05 Å². The maximum absolute atomic E-state index is 13.2. The van der Waals surface area contributed by atoms with Gasteiger partial charge in [0.15, 0.2) is 5.96 Å². The van der Waals surface area contributed by atoms with E-state index in [1.807, 2.05) is 6.92 Å². The molecule has 0 radical (unpaired) electrons. The van der Waals surface area contributed by atoms with Crippen LogP contribution in [0.1, 0.15) is 37.8 Å². The number of nitrogens with one attached hydrogen (secondary N) is 3. The molecule has 3 amide bonds. The van der Waals surface area contributed by atoms with E-state index in [9.17, 15) is 27.2 Å². The molecule has 1 unspecified atom stereocenters. The standard InChI is InChI=1S/C19H25F4N5O2.HI/c1-4-18(2)15(29)28(17(30)27-18)9-5-8-25-16(24-3)26-11-12-6-7-13(20)10-14(12)19(21,22)23;/h6-7,10H,4-5,8-9,11H2,1-3H3,(H,27,30)(H2,24,25,26);1H. The molecule has 1 aliphatic rings. The van der Waals surface area contributed by atoms with Crippen molar-refractivity contribution in [2.75, 3.05) is 20.1 Å². The molecule has 1 fully saturated rings. The minimum Gasteiger partial charge on any atom is -0.356 e. The molecule has 3 N–H and O–H groups in total. The summed E-state index contributed by atoms with van der Waals surface area (Å²) in [5, 5.41) is 8.32. The largest absolute Gasteiger partial charge is 0.416 e. The van der Waals surface area contributed by atoms with E-state index in [2.05, 4.69) is 20.9 Å². The van der Waals surface area contributed by atoms with E-state index in [-0.39, 0.29) is 54.5 Å². The van der Waals surface area contributed by atoms with Crippen molar-refractivity contribution in [1.82, 2.24) is 20.9 Å². The molecule has 0 spiro atoms. The highest BCUT2D eigenvalue weighted by molar-refractivity contribution is 14.0. The fourth-order valence-electron chi connectivity index (χ4n) is 3.00. The van der Waals surface area contributed by atoms with Gasteiger partial charge in [-0.2, -0.15) is 13.2 Å². The number of aliphatic imine (C=N–C) groups is 1. The van der Waals surface area contributed by atoms with Gasteiger partial charge >= 0.3 is 12.2 Å². The second kappa shape index (κ2) is 11.0. The Balaban J connectivity index is 0.00000480. The SMILES string of the molecule is CCC1(C)NC(=O)N(CCCNC(=NC)NCc2ccc(F)cc2C(F)(F)F)C1=O.I. The first-order valence-corrected chi connectivity index (χ1v) is 9.46. The van der Waals surface area contributed by atoms with Crippen LogP contribution in [0.2, 0.25) is 0 Å². The Morgan fingerprint density at radius 1 is 1.26 bits per heavy atom. The molecule has 12 heteroatoms. The molecule has 31 heavy (non-hydrogen) atoms. The number of halogens is 5. The van der Waals surface area contributed by atoms with Crippen molar-refractivity contribution in [2.24, 2.45) is 4.99 Å². The number of benzene rings is 1. The predicted molar refractivity (Wildman–Crippen MR) is 119 cm³/mol. The molecule has 1 saturated heterocycles. The molecule has 1 aromatic rings. The second-order valence-corrected chi connectivity index (χ2v) is 7.08. The maximum atomic E-state index is 13.2.